The molecule has 1 fully saturated rings. The van der Waals surface area contributed by atoms with Crippen molar-refractivity contribution in [3.8, 4) is 0 Å². The van der Waals surface area contributed by atoms with E-state index >= 15 is 0 Å². The van der Waals surface area contributed by atoms with Crippen molar-refractivity contribution in [1.82, 2.24) is 15.1 Å². The van der Waals surface area contributed by atoms with E-state index in [9.17, 15) is 4.79 Å². The van der Waals surface area contributed by atoms with Gasteiger partial charge in [-0.3, -0.25) is 9.69 Å². The van der Waals surface area contributed by atoms with Gasteiger partial charge in [0.1, 0.15) is 0 Å². The molecule has 1 amide bonds. The van der Waals surface area contributed by atoms with E-state index in [1.54, 1.807) is 4.90 Å². The zero-order valence-corrected chi connectivity index (χ0v) is 12.4. The quantitative estimate of drug-likeness (QED) is 0.777. The van der Waals surface area contributed by atoms with Gasteiger partial charge in [0.2, 0.25) is 5.91 Å². The van der Waals surface area contributed by atoms with E-state index in [1.807, 2.05) is 14.1 Å². The molecule has 0 aromatic heterocycles. The lowest BCUT2D eigenvalue weighted by molar-refractivity contribution is -0.130. The molecule has 0 atom stereocenters. The van der Waals surface area contributed by atoms with Crippen LogP contribution in [0.4, 0.5) is 0 Å². The molecule has 0 aromatic rings. The highest BCUT2D eigenvalue weighted by molar-refractivity contribution is 5.77. The van der Waals surface area contributed by atoms with Gasteiger partial charge >= 0.3 is 0 Å². The summed E-state index contributed by atoms with van der Waals surface area (Å²) in [6.07, 6.45) is 4.91. The molecule has 0 saturated heterocycles. The smallest absolute Gasteiger partial charge is 0.236 e. The van der Waals surface area contributed by atoms with Gasteiger partial charge in [-0.05, 0) is 38.8 Å². The molecule has 4 nitrogen and oxygen atoms in total. The number of carbonyl (C=O) groups is 1. The van der Waals surface area contributed by atoms with Crippen LogP contribution in [0.2, 0.25) is 0 Å². The summed E-state index contributed by atoms with van der Waals surface area (Å²) in [5.41, 5.74) is 0. The van der Waals surface area contributed by atoms with Gasteiger partial charge in [-0.15, -0.1) is 0 Å². The van der Waals surface area contributed by atoms with Crippen molar-refractivity contribution in [3.63, 3.8) is 0 Å². The molecule has 1 aliphatic rings. The maximum Gasteiger partial charge on any atom is 0.236 e. The Labute approximate surface area is 112 Å². The van der Waals surface area contributed by atoms with Crippen LogP contribution in [0.15, 0.2) is 0 Å². The van der Waals surface area contributed by atoms with Gasteiger partial charge in [-0.2, -0.15) is 0 Å². The van der Waals surface area contributed by atoms with Crippen molar-refractivity contribution in [2.45, 2.75) is 51.6 Å². The molecule has 0 heterocycles. The maximum absolute atomic E-state index is 11.8. The maximum atomic E-state index is 11.8. The first-order valence-electron chi connectivity index (χ1n) is 7.26. The van der Waals surface area contributed by atoms with Crippen LogP contribution in [0.1, 0.15) is 39.5 Å². The molecule has 106 valence electrons. The molecule has 0 aromatic carbocycles. The topological polar surface area (TPSA) is 35.6 Å². The van der Waals surface area contributed by atoms with Gasteiger partial charge in [-0.1, -0.05) is 13.8 Å². The van der Waals surface area contributed by atoms with Crippen LogP contribution in [0.5, 0.6) is 0 Å². The number of nitrogens with zero attached hydrogens (tertiary/aromatic N) is 2. The van der Waals surface area contributed by atoms with Crippen molar-refractivity contribution in [1.29, 1.82) is 0 Å². The second-order valence-electron chi connectivity index (χ2n) is 5.41. The van der Waals surface area contributed by atoms with Crippen LogP contribution in [-0.2, 0) is 4.79 Å². The Morgan fingerprint density at radius 2 is 1.78 bits per heavy atom. The third kappa shape index (κ3) is 4.58. The minimum Gasteiger partial charge on any atom is -0.348 e. The van der Waals surface area contributed by atoms with Crippen LogP contribution in [0.3, 0.4) is 0 Å². The Kier molecular flexibility index (Phi) is 6.65. The van der Waals surface area contributed by atoms with Gasteiger partial charge in [0.05, 0.1) is 6.54 Å². The number of nitrogens with one attached hydrogen (secondary N) is 1. The summed E-state index contributed by atoms with van der Waals surface area (Å²) in [6.45, 7) is 6.92. The molecule has 0 spiro atoms. The highest BCUT2D eigenvalue weighted by atomic mass is 16.2. The molecule has 0 bridgehead atoms. The summed E-state index contributed by atoms with van der Waals surface area (Å²) in [5.74, 6) is 0.214. The average Bonchev–Trinajstić information content (AvgIpc) is 2.37. The predicted molar refractivity (Wildman–Crippen MR) is 75.7 cm³/mol. The first-order valence-corrected chi connectivity index (χ1v) is 7.26. The van der Waals surface area contributed by atoms with E-state index in [-0.39, 0.29) is 5.91 Å². The lowest BCUT2D eigenvalue weighted by Gasteiger charge is -2.36. The molecule has 0 radical (unpaired) electrons. The Bertz CT molecular complexity index is 247. The molecule has 18 heavy (non-hydrogen) atoms. The molecule has 1 saturated carbocycles. The first kappa shape index (κ1) is 15.4. The molecule has 1 aliphatic carbocycles. The molecule has 0 aliphatic heterocycles. The number of likely N-dealkylation sites (N-methyl/N-ethyl adjacent to an activating group) is 2. The second kappa shape index (κ2) is 7.74. The molecule has 1 rings (SSSR count). The average molecular weight is 255 g/mol. The number of hydrogen-bond donors (Lipinski definition) is 1. The minimum atomic E-state index is 0.214. The summed E-state index contributed by atoms with van der Waals surface area (Å²) >= 11 is 0. The van der Waals surface area contributed by atoms with E-state index in [4.69, 9.17) is 0 Å². The number of amides is 1. The highest BCUT2D eigenvalue weighted by Gasteiger charge is 2.26. The largest absolute Gasteiger partial charge is 0.348 e. The number of carbonyl (C=O) groups excluding carboxylic acids is 1. The first-order chi connectivity index (χ1) is 8.58. The van der Waals surface area contributed by atoms with E-state index in [0.29, 0.717) is 18.6 Å². The Morgan fingerprint density at radius 3 is 2.22 bits per heavy atom. The van der Waals surface area contributed by atoms with Crippen LogP contribution < -0.4 is 5.32 Å². The monoisotopic (exact) mass is 255 g/mol. The summed E-state index contributed by atoms with van der Waals surface area (Å²) in [6, 6.07) is 1.28. The fraction of sp³-hybridized carbons (Fsp3) is 0.929. The fourth-order valence-corrected chi connectivity index (χ4v) is 2.75. The zero-order valence-electron chi connectivity index (χ0n) is 12.4. The number of rotatable bonds is 6. The van der Waals surface area contributed by atoms with Crippen LogP contribution >= 0.6 is 0 Å². The van der Waals surface area contributed by atoms with Gasteiger partial charge in [0, 0.05) is 26.2 Å². The standard InChI is InChI=1S/C14H29N3O/c1-5-15-12-7-9-13(10-8-12)17(6-2)11-14(18)16(3)4/h12-13,15H,5-11H2,1-4H3. The second-order valence-corrected chi connectivity index (χ2v) is 5.41. The third-order valence-corrected chi connectivity index (χ3v) is 3.95. The minimum absolute atomic E-state index is 0.214. The van der Waals surface area contributed by atoms with Crippen molar-refractivity contribution >= 4 is 5.91 Å². The van der Waals surface area contributed by atoms with Crippen LogP contribution in [0, 0.1) is 0 Å². The lowest BCUT2D eigenvalue weighted by Crippen LogP contribution is -2.46. The normalized spacial score (nSPS) is 24.3. The van der Waals surface area contributed by atoms with E-state index in [2.05, 4.69) is 24.1 Å². The molecular formula is C14H29N3O. The SMILES string of the molecule is CCNC1CCC(N(CC)CC(=O)N(C)C)CC1. The van der Waals surface area contributed by atoms with Crippen molar-refractivity contribution in [2.24, 2.45) is 0 Å². The van der Waals surface area contributed by atoms with Gasteiger partial charge in [-0.25, -0.2) is 0 Å². The lowest BCUT2D eigenvalue weighted by atomic mass is 9.90. The molecule has 0 unspecified atom stereocenters. The summed E-state index contributed by atoms with van der Waals surface area (Å²) < 4.78 is 0. The van der Waals surface area contributed by atoms with Gasteiger partial charge in [0.25, 0.3) is 0 Å². The van der Waals surface area contributed by atoms with E-state index in [1.165, 1.54) is 25.7 Å². The Morgan fingerprint density at radius 1 is 1.17 bits per heavy atom. The molecule has 4 heteroatoms. The predicted octanol–water partition coefficient (Wildman–Crippen LogP) is 1.32. The van der Waals surface area contributed by atoms with Crippen LogP contribution in [-0.4, -0.2) is 61.5 Å². The van der Waals surface area contributed by atoms with Crippen molar-refractivity contribution in [2.75, 3.05) is 33.7 Å². The van der Waals surface area contributed by atoms with Crippen LogP contribution in [0.25, 0.3) is 0 Å². The van der Waals surface area contributed by atoms with Gasteiger partial charge in [0.15, 0.2) is 0 Å². The summed E-state index contributed by atoms with van der Waals surface area (Å²) in [5, 5.41) is 3.53. The highest BCUT2D eigenvalue weighted by Crippen LogP contribution is 2.23. The summed E-state index contributed by atoms with van der Waals surface area (Å²) in [7, 11) is 3.66. The van der Waals surface area contributed by atoms with Crippen molar-refractivity contribution < 1.29 is 4.79 Å². The zero-order chi connectivity index (χ0) is 13.5. The van der Waals surface area contributed by atoms with E-state index < -0.39 is 0 Å². The van der Waals surface area contributed by atoms with E-state index in [0.717, 1.165) is 13.1 Å². The molecular weight excluding hydrogens is 226 g/mol. The summed E-state index contributed by atoms with van der Waals surface area (Å²) in [4.78, 5) is 15.8. The van der Waals surface area contributed by atoms with Crippen molar-refractivity contribution in [3.05, 3.63) is 0 Å². The Balaban J connectivity index is 2.40. The molecule has 1 N–H and O–H groups in total. The third-order valence-electron chi connectivity index (χ3n) is 3.95. The Hall–Kier alpha value is -0.610. The van der Waals surface area contributed by atoms with Gasteiger partial charge < -0.3 is 10.2 Å². The number of hydrogen-bond acceptors (Lipinski definition) is 3. The fourth-order valence-electron chi connectivity index (χ4n) is 2.75.